The van der Waals surface area contributed by atoms with Gasteiger partial charge in [-0.1, -0.05) is 6.07 Å². The second-order valence-electron chi connectivity index (χ2n) is 6.88. The molecule has 0 spiro atoms. The van der Waals surface area contributed by atoms with Gasteiger partial charge < -0.3 is 19.2 Å². The second-order valence-corrected chi connectivity index (χ2v) is 8.14. The molecule has 0 fully saturated rings. The number of nitrogens with one attached hydrogen (secondary N) is 1. The molecule has 4 rings (SSSR count). The van der Waals surface area contributed by atoms with E-state index in [0.29, 0.717) is 16.3 Å². The number of aryl methyl sites for hydroxylation is 3. The topological polar surface area (TPSA) is 77.8 Å². The normalized spacial score (nSPS) is 12.5. The first-order valence-corrected chi connectivity index (χ1v) is 10.2. The van der Waals surface area contributed by atoms with Gasteiger partial charge in [0.05, 0.1) is 12.7 Å². The van der Waals surface area contributed by atoms with Crippen LogP contribution in [0.15, 0.2) is 40.8 Å². The minimum Gasteiger partial charge on any atom is -0.486 e. The lowest BCUT2D eigenvalue weighted by Gasteiger charge is -2.07. The summed E-state index contributed by atoms with van der Waals surface area (Å²) in [5.41, 5.74) is 3.06. The summed E-state index contributed by atoms with van der Waals surface area (Å²) in [7, 11) is 1.31. The SMILES string of the molecule is COC(=O)c1cc(C)sc1NC(=O)c1ccc(COc2ccc3c(c2)CCC3)o1. The van der Waals surface area contributed by atoms with Crippen molar-refractivity contribution >= 4 is 28.2 Å². The first-order chi connectivity index (χ1) is 14.0. The zero-order valence-corrected chi connectivity index (χ0v) is 17.1. The number of hydrogen-bond acceptors (Lipinski definition) is 6. The molecule has 1 amide bonds. The van der Waals surface area contributed by atoms with Gasteiger partial charge in [-0.25, -0.2) is 4.79 Å². The van der Waals surface area contributed by atoms with Crippen molar-refractivity contribution in [1.82, 2.24) is 0 Å². The molecule has 6 nitrogen and oxygen atoms in total. The van der Waals surface area contributed by atoms with Crippen LogP contribution in [-0.2, 0) is 24.2 Å². The van der Waals surface area contributed by atoms with Gasteiger partial charge in [0.1, 0.15) is 23.1 Å². The van der Waals surface area contributed by atoms with Gasteiger partial charge in [0, 0.05) is 4.88 Å². The lowest BCUT2D eigenvalue weighted by molar-refractivity contribution is 0.0602. The van der Waals surface area contributed by atoms with Crippen molar-refractivity contribution in [3.8, 4) is 5.75 Å². The van der Waals surface area contributed by atoms with Crippen LogP contribution in [0.25, 0.3) is 0 Å². The number of esters is 1. The largest absolute Gasteiger partial charge is 0.486 e. The summed E-state index contributed by atoms with van der Waals surface area (Å²) in [5.74, 6) is 0.573. The molecular formula is C22H21NO5S. The van der Waals surface area contributed by atoms with Crippen molar-refractivity contribution in [3.63, 3.8) is 0 Å². The van der Waals surface area contributed by atoms with Crippen LogP contribution in [0.5, 0.6) is 5.75 Å². The van der Waals surface area contributed by atoms with Crippen molar-refractivity contribution in [2.24, 2.45) is 0 Å². The molecule has 1 aliphatic carbocycles. The van der Waals surface area contributed by atoms with Crippen molar-refractivity contribution in [3.05, 3.63) is 69.5 Å². The van der Waals surface area contributed by atoms with E-state index in [1.807, 2.05) is 13.0 Å². The number of amides is 1. The Hall–Kier alpha value is -3.06. The highest BCUT2D eigenvalue weighted by molar-refractivity contribution is 7.16. The minimum absolute atomic E-state index is 0.152. The van der Waals surface area contributed by atoms with Gasteiger partial charge in [0.25, 0.3) is 5.91 Å². The molecular weight excluding hydrogens is 390 g/mol. The van der Waals surface area contributed by atoms with Crippen LogP contribution in [0.1, 0.15) is 49.1 Å². The molecule has 0 radical (unpaired) electrons. The molecule has 0 aliphatic heterocycles. The fraction of sp³-hybridized carbons (Fsp3) is 0.273. The molecule has 0 atom stereocenters. The number of furan rings is 1. The third-order valence-corrected chi connectivity index (χ3v) is 5.79. The number of benzene rings is 1. The molecule has 1 aliphatic rings. The molecule has 2 heterocycles. The van der Waals surface area contributed by atoms with E-state index in [1.165, 1.54) is 36.0 Å². The highest BCUT2D eigenvalue weighted by atomic mass is 32.1. The summed E-state index contributed by atoms with van der Waals surface area (Å²) in [4.78, 5) is 25.3. The van der Waals surface area contributed by atoms with Crippen molar-refractivity contribution in [2.45, 2.75) is 32.8 Å². The highest BCUT2D eigenvalue weighted by Crippen LogP contribution is 2.29. The van der Waals surface area contributed by atoms with Crippen molar-refractivity contribution < 1.29 is 23.5 Å². The maximum absolute atomic E-state index is 12.5. The zero-order chi connectivity index (χ0) is 20.4. The third kappa shape index (κ3) is 4.19. The number of carbonyl (C=O) groups excluding carboxylic acids is 2. The Kier molecular flexibility index (Phi) is 5.40. The summed E-state index contributed by atoms with van der Waals surface area (Å²) in [6, 6.07) is 11.1. The Labute approximate surface area is 172 Å². The van der Waals surface area contributed by atoms with E-state index in [-0.39, 0.29) is 12.4 Å². The van der Waals surface area contributed by atoms with E-state index in [0.717, 1.165) is 23.5 Å². The van der Waals surface area contributed by atoms with Gasteiger partial charge in [0.15, 0.2) is 5.76 Å². The number of fused-ring (bicyclic) bond motifs is 1. The lowest BCUT2D eigenvalue weighted by Crippen LogP contribution is -2.13. The fourth-order valence-electron chi connectivity index (χ4n) is 3.40. The van der Waals surface area contributed by atoms with Crippen molar-refractivity contribution in [2.75, 3.05) is 12.4 Å². The predicted octanol–water partition coefficient (Wildman–Crippen LogP) is 4.76. The number of methoxy groups -OCH3 is 1. The number of hydrogen-bond donors (Lipinski definition) is 1. The first-order valence-electron chi connectivity index (χ1n) is 9.37. The van der Waals surface area contributed by atoms with E-state index in [1.54, 1.807) is 18.2 Å². The Morgan fingerprint density at radius 2 is 1.97 bits per heavy atom. The molecule has 2 aromatic heterocycles. The smallest absolute Gasteiger partial charge is 0.340 e. The number of anilines is 1. The quantitative estimate of drug-likeness (QED) is 0.592. The van der Waals surface area contributed by atoms with E-state index in [2.05, 4.69) is 17.4 Å². The first kappa shape index (κ1) is 19.3. The van der Waals surface area contributed by atoms with E-state index in [4.69, 9.17) is 13.9 Å². The summed E-state index contributed by atoms with van der Waals surface area (Å²) < 4.78 is 16.2. The number of ether oxygens (including phenoxy) is 2. The zero-order valence-electron chi connectivity index (χ0n) is 16.2. The van der Waals surface area contributed by atoms with E-state index >= 15 is 0 Å². The summed E-state index contributed by atoms with van der Waals surface area (Å²) in [6.07, 6.45) is 3.41. The minimum atomic E-state index is -0.493. The lowest BCUT2D eigenvalue weighted by atomic mass is 10.1. The maximum Gasteiger partial charge on any atom is 0.340 e. The average molecular weight is 411 g/mol. The number of rotatable bonds is 6. The maximum atomic E-state index is 12.5. The molecule has 0 bridgehead atoms. The van der Waals surface area contributed by atoms with Gasteiger partial charge in [-0.3, -0.25) is 4.79 Å². The third-order valence-electron chi connectivity index (χ3n) is 4.82. The molecule has 0 saturated carbocycles. The van der Waals surface area contributed by atoms with Gasteiger partial charge in [-0.15, -0.1) is 11.3 Å². The summed E-state index contributed by atoms with van der Waals surface area (Å²) in [5, 5.41) is 3.16. The van der Waals surface area contributed by atoms with Crippen molar-refractivity contribution in [1.29, 1.82) is 0 Å². The van der Waals surface area contributed by atoms with Crippen LogP contribution in [0.2, 0.25) is 0 Å². The van der Waals surface area contributed by atoms with Crippen LogP contribution in [-0.4, -0.2) is 19.0 Å². The highest BCUT2D eigenvalue weighted by Gasteiger charge is 2.20. The van der Waals surface area contributed by atoms with Crippen LogP contribution < -0.4 is 10.1 Å². The predicted molar refractivity (Wildman–Crippen MR) is 110 cm³/mol. The molecule has 1 aromatic carbocycles. The molecule has 150 valence electrons. The monoisotopic (exact) mass is 411 g/mol. The van der Waals surface area contributed by atoms with Gasteiger partial charge in [-0.2, -0.15) is 0 Å². The summed E-state index contributed by atoms with van der Waals surface area (Å²) in [6.45, 7) is 2.09. The molecule has 0 unspecified atom stereocenters. The Morgan fingerprint density at radius 3 is 2.79 bits per heavy atom. The molecule has 7 heteroatoms. The molecule has 3 aromatic rings. The van der Waals surface area contributed by atoms with E-state index < -0.39 is 11.9 Å². The van der Waals surface area contributed by atoms with Gasteiger partial charge in [0.2, 0.25) is 0 Å². The van der Waals surface area contributed by atoms with E-state index in [9.17, 15) is 9.59 Å². The van der Waals surface area contributed by atoms with Gasteiger partial charge >= 0.3 is 5.97 Å². The molecule has 1 N–H and O–H groups in total. The van der Waals surface area contributed by atoms with Gasteiger partial charge in [-0.05, 0) is 67.6 Å². The van der Waals surface area contributed by atoms with Crippen LogP contribution in [0, 0.1) is 6.92 Å². The number of carbonyl (C=O) groups is 2. The Balaban J connectivity index is 1.40. The second kappa shape index (κ2) is 8.13. The Morgan fingerprint density at radius 1 is 1.14 bits per heavy atom. The van der Waals surface area contributed by atoms with Crippen LogP contribution in [0.3, 0.4) is 0 Å². The summed E-state index contributed by atoms with van der Waals surface area (Å²) >= 11 is 1.31. The van der Waals surface area contributed by atoms with Crippen LogP contribution in [0.4, 0.5) is 5.00 Å². The molecule has 0 saturated heterocycles. The van der Waals surface area contributed by atoms with Crippen LogP contribution >= 0.6 is 11.3 Å². The average Bonchev–Trinajstić information content (AvgIpc) is 3.45. The Bertz CT molecular complexity index is 1070. The standard InChI is InChI=1S/C22H21NO5S/c1-13-10-18(22(25)26-2)21(29-13)23-20(24)19-9-8-17(28-19)12-27-16-7-6-14-4-3-5-15(14)11-16/h6-11H,3-5,12H2,1-2H3,(H,23,24). The number of thiophene rings is 1. The fourth-order valence-corrected chi connectivity index (χ4v) is 4.30. The molecule has 29 heavy (non-hydrogen) atoms.